The van der Waals surface area contributed by atoms with Crippen LogP contribution in [0.3, 0.4) is 0 Å². The van der Waals surface area contributed by atoms with Crippen molar-refractivity contribution in [3.8, 4) is 11.1 Å². The van der Waals surface area contributed by atoms with E-state index in [0.717, 1.165) is 5.92 Å². The Morgan fingerprint density at radius 2 is 1.56 bits per heavy atom. The molecule has 2 aromatic rings. The zero-order chi connectivity index (χ0) is 17.5. The van der Waals surface area contributed by atoms with E-state index in [4.69, 9.17) is 0 Å². The zero-order valence-electron chi connectivity index (χ0n) is 15.5. The van der Waals surface area contributed by atoms with Crippen molar-refractivity contribution in [3.63, 3.8) is 0 Å². The molecule has 25 heavy (non-hydrogen) atoms. The third-order valence-corrected chi connectivity index (χ3v) is 5.62. The summed E-state index contributed by atoms with van der Waals surface area (Å²) >= 11 is 0. The maximum absolute atomic E-state index is 4.39. The lowest BCUT2D eigenvalue weighted by Crippen LogP contribution is -2.06. The van der Waals surface area contributed by atoms with E-state index in [1.54, 1.807) is 0 Å². The third kappa shape index (κ3) is 4.72. The highest BCUT2D eigenvalue weighted by Gasteiger charge is 2.14. The molecular weight excluding hydrogens is 300 g/mol. The van der Waals surface area contributed by atoms with Gasteiger partial charge in [-0.05, 0) is 53.5 Å². The van der Waals surface area contributed by atoms with Crippen molar-refractivity contribution < 1.29 is 0 Å². The van der Waals surface area contributed by atoms with E-state index in [1.807, 2.05) is 0 Å². The van der Waals surface area contributed by atoms with Crippen LogP contribution in [0.25, 0.3) is 16.7 Å². The lowest BCUT2D eigenvalue weighted by atomic mass is 9.84. The van der Waals surface area contributed by atoms with Gasteiger partial charge < -0.3 is 0 Å². The summed E-state index contributed by atoms with van der Waals surface area (Å²) in [7, 11) is 0. The van der Waals surface area contributed by atoms with Crippen molar-refractivity contribution in [1.82, 2.24) is 0 Å². The second kappa shape index (κ2) is 8.85. The summed E-state index contributed by atoms with van der Waals surface area (Å²) in [4.78, 5) is 0. The van der Waals surface area contributed by atoms with Crippen LogP contribution in [0.5, 0.6) is 0 Å². The second-order valence-corrected chi connectivity index (χ2v) is 7.28. The predicted octanol–water partition coefficient (Wildman–Crippen LogP) is 7.67. The first-order chi connectivity index (χ1) is 12.3. The molecular formula is C25H30. The van der Waals surface area contributed by atoms with Gasteiger partial charge in [0.15, 0.2) is 0 Å². The topological polar surface area (TPSA) is 0 Å². The minimum absolute atomic E-state index is 0.928. The van der Waals surface area contributed by atoms with Crippen molar-refractivity contribution in [2.75, 3.05) is 0 Å². The third-order valence-electron chi connectivity index (χ3n) is 5.62. The fraction of sp³-hybridized carbons (Fsp3) is 0.360. The number of benzene rings is 2. The van der Waals surface area contributed by atoms with Crippen LogP contribution >= 0.6 is 0 Å². The van der Waals surface area contributed by atoms with E-state index >= 15 is 0 Å². The molecule has 2 aromatic carbocycles. The van der Waals surface area contributed by atoms with Crippen LogP contribution < -0.4 is 0 Å². The lowest BCUT2D eigenvalue weighted by molar-refractivity contribution is 0.340. The average Bonchev–Trinajstić information content (AvgIpc) is 2.70. The molecule has 0 N–H and O–H groups in total. The van der Waals surface area contributed by atoms with Gasteiger partial charge in [0.25, 0.3) is 0 Å². The maximum atomic E-state index is 4.39. The maximum Gasteiger partial charge on any atom is -0.0184 e. The first kappa shape index (κ1) is 17.7. The van der Waals surface area contributed by atoms with Crippen molar-refractivity contribution in [2.45, 2.75) is 51.9 Å². The Labute approximate surface area is 153 Å². The Bertz CT molecular complexity index is 697. The Morgan fingerprint density at radius 3 is 2.20 bits per heavy atom. The molecule has 1 aliphatic carbocycles. The van der Waals surface area contributed by atoms with Gasteiger partial charge in [-0.25, -0.2) is 0 Å². The molecule has 1 saturated carbocycles. The highest BCUT2D eigenvalue weighted by atomic mass is 14.2. The van der Waals surface area contributed by atoms with Crippen molar-refractivity contribution in [3.05, 3.63) is 78.4 Å². The van der Waals surface area contributed by atoms with E-state index in [2.05, 4.69) is 74.2 Å². The van der Waals surface area contributed by atoms with Gasteiger partial charge in [0.2, 0.25) is 0 Å². The summed E-state index contributed by atoms with van der Waals surface area (Å²) in [5.74, 6) is 0.928. The highest BCUT2D eigenvalue weighted by Crippen LogP contribution is 2.32. The molecule has 0 saturated heterocycles. The number of allylic oxidation sites excluding steroid dienone is 3. The normalized spacial score (nSPS) is 16.0. The van der Waals surface area contributed by atoms with Gasteiger partial charge in [0.05, 0.1) is 0 Å². The fourth-order valence-electron chi connectivity index (χ4n) is 3.98. The molecule has 0 heterocycles. The largest absolute Gasteiger partial charge is 0.0909 e. The van der Waals surface area contributed by atoms with Gasteiger partial charge in [0.1, 0.15) is 0 Å². The smallest absolute Gasteiger partial charge is 0.0184 e. The quantitative estimate of drug-likeness (QED) is 0.476. The first-order valence-electron chi connectivity index (χ1n) is 9.78. The fourth-order valence-corrected chi connectivity index (χ4v) is 3.98. The van der Waals surface area contributed by atoms with Gasteiger partial charge in [0, 0.05) is 0 Å². The first-order valence-corrected chi connectivity index (χ1v) is 9.78. The standard InChI is InChI=1S/C25H30/c1-3-22(15-14-21-10-6-4-7-11-21)20(2)23-16-18-25(19-17-23)24-12-8-5-9-13-24/h3,5,8-9,12-13,16-19,21H,2,4,6-7,10-11,14-15H2,1H3. The van der Waals surface area contributed by atoms with Crippen LogP contribution in [0.15, 0.2) is 72.8 Å². The Morgan fingerprint density at radius 1 is 0.920 bits per heavy atom. The number of hydrogen-bond acceptors (Lipinski definition) is 0. The lowest BCUT2D eigenvalue weighted by Gasteiger charge is -2.22. The molecule has 0 radical (unpaired) electrons. The van der Waals surface area contributed by atoms with Crippen LogP contribution in [0.1, 0.15) is 57.4 Å². The van der Waals surface area contributed by atoms with Crippen molar-refractivity contribution in [2.24, 2.45) is 5.92 Å². The average molecular weight is 331 g/mol. The Balaban J connectivity index is 1.64. The molecule has 0 aromatic heterocycles. The van der Waals surface area contributed by atoms with E-state index in [9.17, 15) is 0 Å². The van der Waals surface area contributed by atoms with E-state index in [1.165, 1.54) is 72.8 Å². The van der Waals surface area contributed by atoms with Gasteiger partial charge in [-0.15, -0.1) is 0 Å². The van der Waals surface area contributed by atoms with Gasteiger partial charge >= 0.3 is 0 Å². The molecule has 0 amide bonds. The number of rotatable bonds is 6. The van der Waals surface area contributed by atoms with Crippen LogP contribution in [-0.2, 0) is 0 Å². The van der Waals surface area contributed by atoms with Gasteiger partial charge in [-0.2, -0.15) is 0 Å². The zero-order valence-corrected chi connectivity index (χ0v) is 15.5. The van der Waals surface area contributed by atoms with Gasteiger partial charge in [-0.1, -0.05) is 99.4 Å². The summed E-state index contributed by atoms with van der Waals surface area (Å²) in [6.07, 6.45) is 11.9. The number of hydrogen-bond donors (Lipinski definition) is 0. The van der Waals surface area contributed by atoms with Crippen LogP contribution in [0.4, 0.5) is 0 Å². The minimum Gasteiger partial charge on any atom is -0.0909 e. The molecule has 0 heteroatoms. The highest BCUT2D eigenvalue weighted by molar-refractivity contribution is 5.78. The Kier molecular flexibility index (Phi) is 6.28. The molecule has 3 rings (SSSR count). The second-order valence-electron chi connectivity index (χ2n) is 7.28. The summed E-state index contributed by atoms with van der Waals surface area (Å²) in [6, 6.07) is 19.4. The van der Waals surface area contributed by atoms with E-state index < -0.39 is 0 Å². The monoisotopic (exact) mass is 330 g/mol. The molecule has 0 bridgehead atoms. The van der Waals surface area contributed by atoms with Gasteiger partial charge in [-0.3, -0.25) is 0 Å². The predicted molar refractivity (Wildman–Crippen MR) is 110 cm³/mol. The SMILES string of the molecule is C=C(C(=CC)CCC1CCCCC1)c1ccc(-c2ccccc2)cc1. The molecule has 1 aliphatic rings. The van der Waals surface area contributed by atoms with Crippen molar-refractivity contribution >= 4 is 5.57 Å². The molecule has 0 nitrogen and oxygen atoms in total. The van der Waals surface area contributed by atoms with E-state index in [0.29, 0.717) is 0 Å². The molecule has 0 aliphatic heterocycles. The molecule has 0 spiro atoms. The van der Waals surface area contributed by atoms with Crippen LogP contribution in [0.2, 0.25) is 0 Å². The van der Waals surface area contributed by atoms with Crippen LogP contribution in [0, 0.1) is 5.92 Å². The summed E-state index contributed by atoms with van der Waals surface area (Å²) in [5, 5.41) is 0. The molecule has 0 unspecified atom stereocenters. The van der Waals surface area contributed by atoms with E-state index in [-0.39, 0.29) is 0 Å². The Hall–Kier alpha value is -2.08. The summed E-state index contributed by atoms with van der Waals surface area (Å²) in [5.41, 5.74) is 6.39. The minimum atomic E-state index is 0.928. The molecule has 130 valence electrons. The summed E-state index contributed by atoms with van der Waals surface area (Å²) < 4.78 is 0. The molecule has 1 fully saturated rings. The van der Waals surface area contributed by atoms with Crippen molar-refractivity contribution in [1.29, 1.82) is 0 Å². The molecule has 0 atom stereocenters. The van der Waals surface area contributed by atoms with Crippen LogP contribution in [-0.4, -0.2) is 0 Å². The summed E-state index contributed by atoms with van der Waals surface area (Å²) in [6.45, 7) is 6.55.